The van der Waals surface area contributed by atoms with Gasteiger partial charge in [-0.1, -0.05) is 28.9 Å². The minimum atomic E-state index is -0.211. The molecule has 1 heterocycles. The molecular formula is C17H22ClN3O2. The van der Waals surface area contributed by atoms with E-state index in [0.29, 0.717) is 11.4 Å². The molecule has 0 aliphatic carbocycles. The van der Waals surface area contributed by atoms with E-state index in [0.717, 1.165) is 22.6 Å². The number of aromatic nitrogens is 1. The van der Waals surface area contributed by atoms with E-state index in [1.54, 1.807) is 0 Å². The van der Waals surface area contributed by atoms with Crippen LogP contribution < -0.4 is 10.6 Å². The molecule has 0 fully saturated rings. The van der Waals surface area contributed by atoms with Gasteiger partial charge in [-0.15, -0.1) is 0 Å². The van der Waals surface area contributed by atoms with E-state index >= 15 is 0 Å². The van der Waals surface area contributed by atoms with Crippen molar-refractivity contribution in [3.05, 3.63) is 51.9 Å². The molecule has 23 heavy (non-hydrogen) atoms. The molecule has 1 aromatic heterocycles. The van der Waals surface area contributed by atoms with Crippen LogP contribution in [0.2, 0.25) is 5.02 Å². The lowest BCUT2D eigenvalue weighted by Crippen LogP contribution is -2.42. The van der Waals surface area contributed by atoms with Gasteiger partial charge in [0.15, 0.2) is 0 Å². The van der Waals surface area contributed by atoms with E-state index < -0.39 is 0 Å². The van der Waals surface area contributed by atoms with E-state index in [2.05, 4.69) is 15.8 Å². The van der Waals surface area contributed by atoms with Gasteiger partial charge in [-0.2, -0.15) is 0 Å². The Morgan fingerprint density at radius 1 is 1.30 bits per heavy atom. The standard InChI is InChI=1S/C17H22ClN3O2/c1-10(8-16-12(3)21-23-13(16)4)19-17(22)20-11(2)14-6-5-7-15(18)9-14/h5-7,9-11H,8H2,1-4H3,(H2,19,20,22). The van der Waals surface area contributed by atoms with Gasteiger partial charge in [-0.25, -0.2) is 4.79 Å². The number of nitrogens with one attached hydrogen (secondary N) is 2. The second kappa shape index (κ2) is 7.51. The van der Waals surface area contributed by atoms with Crippen LogP contribution in [0.25, 0.3) is 0 Å². The Bertz CT molecular complexity index is 665. The molecule has 2 amide bonds. The van der Waals surface area contributed by atoms with Gasteiger partial charge in [0.05, 0.1) is 11.7 Å². The maximum absolute atomic E-state index is 12.1. The fourth-order valence-electron chi connectivity index (χ4n) is 2.47. The monoisotopic (exact) mass is 335 g/mol. The number of halogens is 1. The highest BCUT2D eigenvalue weighted by atomic mass is 35.5. The Morgan fingerprint density at radius 2 is 2.04 bits per heavy atom. The zero-order valence-electron chi connectivity index (χ0n) is 13.8. The maximum atomic E-state index is 12.1. The van der Waals surface area contributed by atoms with Crippen molar-refractivity contribution in [3.63, 3.8) is 0 Å². The normalized spacial score (nSPS) is 13.4. The number of carbonyl (C=O) groups excluding carboxylic acids is 1. The van der Waals surface area contributed by atoms with E-state index in [4.69, 9.17) is 16.1 Å². The predicted octanol–water partition coefficient (Wildman–Crippen LogP) is 3.94. The summed E-state index contributed by atoms with van der Waals surface area (Å²) in [6.45, 7) is 7.66. The topological polar surface area (TPSA) is 67.2 Å². The fraction of sp³-hybridized carbons (Fsp3) is 0.412. The van der Waals surface area contributed by atoms with Crippen LogP contribution >= 0.6 is 11.6 Å². The molecule has 0 bridgehead atoms. The van der Waals surface area contributed by atoms with Gasteiger partial charge in [-0.05, 0) is 51.8 Å². The first-order valence-electron chi connectivity index (χ1n) is 7.61. The van der Waals surface area contributed by atoms with Crippen molar-refractivity contribution in [1.29, 1.82) is 0 Å². The van der Waals surface area contributed by atoms with Gasteiger partial charge in [0.2, 0.25) is 0 Å². The third-order valence-corrected chi connectivity index (χ3v) is 4.00. The molecule has 5 nitrogen and oxygen atoms in total. The summed E-state index contributed by atoms with van der Waals surface area (Å²) in [6, 6.07) is 7.09. The molecule has 0 aliphatic heterocycles. The van der Waals surface area contributed by atoms with Crippen molar-refractivity contribution in [2.45, 2.75) is 46.2 Å². The summed E-state index contributed by atoms with van der Waals surface area (Å²) >= 11 is 5.98. The first-order chi connectivity index (χ1) is 10.9. The largest absolute Gasteiger partial charge is 0.361 e. The van der Waals surface area contributed by atoms with Crippen LogP contribution in [0.3, 0.4) is 0 Å². The van der Waals surface area contributed by atoms with Crippen molar-refractivity contribution < 1.29 is 9.32 Å². The Kier molecular flexibility index (Phi) is 5.66. The molecule has 0 spiro atoms. The van der Waals surface area contributed by atoms with Crippen LogP contribution in [-0.2, 0) is 6.42 Å². The summed E-state index contributed by atoms with van der Waals surface area (Å²) < 4.78 is 5.14. The Hall–Kier alpha value is -2.01. The van der Waals surface area contributed by atoms with Gasteiger partial charge in [0, 0.05) is 16.6 Å². The summed E-state index contributed by atoms with van der Waals surface area (Å²) in [5.41, 5.74) is 2.87. The molecule has 0 radical (unpaired) electrons. The van der Waals surface area contributed by atoms with Gasteiger partial charge >= 0.3 is 6.03 Å². The third-order valence-electron chi connectivity index (χ3n) is 3.77. The molecule has 2 atom stereocenters. The minimum absolute atomic E-state index is 0.0293. The molecule has 0 saturated heterocycles. The van der Waals surface area contributed by atoms with Crippen LogP contribution in [-0.4, -0.2) is 17.2 Å². The first kappa shape index (κ1) is 17.3. The van der Waals surface area contributed by atoms with Crippen LogP contribution in [0.1, 0.15) is 42.5 Å². The lowest BCUT2D eigenvalue weighted by Gasteiger charge is -2.18. The van der Waals surface area contributed by atoms with Crippen molar-refractivity contribution in [2.75, 3.05) is 0 Å². The number of hydrogen-bond donors (Lipinski definition) is 2. The molecule has 6 heteroatoms. The molecule has 2 aromatic rings. The SMILES string of the molecule is Cc1noc(C)c1CC(C)NC(=O)NC(C)c1cccc(Cl)c1. The van der Waals surface area contributed by atoms with Crippen molar-refractivity contribution in [3.8, 4) is 0 Å². The average molecular weight is 336 g/mol. The number of nitrogens with zero attached hydrogens (tertiary/aromatic N) is 1. The van der Waals surface area contributed by atoms with Crippen molar-refractivity contribution in [2.24, 2.45) is 0 Å². The number of rotatable bonds is 5. The van der Waals surface area contributed by atoms with Crippen LogP contribution in [0, 0.1) is 13.8 Å². The summed E-state index contributed by atoms with van der Waals surface area (Å²) in [5.74, 6) is 0.795. The quantitative estimate of drug-likeness (QED) is 0.869. The number of carbonyl (C=O) groups is 1. The Morgan fingerprint density at radius 3 is 2.65 bits per heavy atom. The smallest absolute Gasteiger partial charge is 0.315 e. The highest BCUT2D eigenvalue weighted by Gasteiger charge is 2.16. The number of aryl methyl sites for hydroxylation is 2. The van der Waals surface area contributed by atoms with E-state index in [9.17, 15) is 4.79 Å². The molecule has 0 aliphatic rings. The van der Waals surface area contributed by atoms with Gasteiger partial charge in [0.25, 0.3) is 0 Å². The lowest BCUT2D eigenvalue weighted by molar-refractivity contribution is 0.234. The van der Waals surface area contributed by atoms with Gasteiger partial charge < -0.3 is 15.2 Å². The van der Waals surface area contributed by atoms with Crippen LogP contribution in [0.5, 0.6) is 0 Å². The van der Waals surface area contributed by atoms with Crippen LogP contribution in [0.15, 0.2) is 28.8 Å². The van der Waals surface area contributed by atoms with Gasteiger partial charge in [0.1, 0.15) is 5.76 Å². The number of urea groups is 1. The maximum Gasteiger partial charge on any atom is 0.315 e. The van der Waals surface area contributed by atoms with E-state index in [-0.39, 0.29) is 18.1 Å². The first-order valence-corrected chi connectivity index (χ1v) is 7.99. The molecule has 2 N–H and O–H groups in total. The van der Waals surface area contributed by atoms with Crippen molar-refractivity contribution in [1.82, 2.24) is 15.8 Å². The average Bonchev–Trinajstić information content (AvgIpc) is 2.78. The number of benzene rings is 1. The second-order valence-corrected chi connectivity index (χ2v) is 6.24. The van der Waals surface area contributed by atoms with E-state index in [1.165, 1.54) is 0 Å². The molecule has 1 aromatic carbocycles. The van der Waals surface area contributed by atoms with E-state index in [1.807, 2.05) is 52.0 Å². The number of hydrogen-bond acceptors (Lipinski definition) is 3. The second-order valence-electron chi connectivity index (χ2n) is 5.80. The Labute approximate surface area is 141 Å². The zero-order chi connectivity index (χ0) is 17.0. The molecule has 2 rings (SSSR count). The highest BCUT2D eigenvalue weighted by molar-refractivity contribution is 6.30. The van der Waals surface area contributed by atoms with Gasteiger partial charge in [-0.3, -0.25) is 0 Å². The molecule has 2 unspecified atom stereocenters. The molecular weight excluding hydrogens is 314 g/mol. The Balaban J connectivity index is 1.89. The van der Waals surface area contributed by atoms with Crippen molar-refractivity contribution >= 4 is 17.6 Å². The summed E-state index contributed by atoms with van der Waals surface area (Å²) in [7, 11) is 0. The highest BCUT2D eigenvalue weighted by Crippen LogP contribution is 2.17. The number of amides is 2. The summed E-state index contributed by atoms with van der Waals surface area (Å²) in [6.07, 6.45) is 0.681. The third kappa shape index (κ3) is 4.73. The lowest BCUT2D eigenvalue weighted by atomic mass is 10.1. The molecule has 0 saturated carbocycles. The fourth-order valence-corrected chi connectivity index (χ4v) is 2.67. The van der Waals surface area contributed by atoms with Crippen LogP contribution in [0.4, 0.5) is 4.79 Å². The molecule has 124 valence electrons. The summed E-state index contributed by atoms with van der Waals surface area (Å²) in [5, 5.41) is 10.4. The minimum Gasteiger partial charge on any atom is -0.361 e. The predicted molar refractivity (Wildman–Crippen MR) is 90.7 cm³/mol. The summed E-state index contributed by atoms with van der Waals surface area (Å²) in [4.78, 5) is 12.1. The zero-order valence-corrected chi connectivity index (χ0v) is 14.6.